The largest absolute Gasteiger partial charge is 0.439 e. The number of alkyl halides is 3. The summed E-state index contributed by atoms with van der Waals surface area (Å²) in [5.41, 5.74) is 5.54. The Hall–Kier alpha value is -4.13. The van der Waals surface area contributed by atoms with Crippen molar-refractivity contribution in [1.82, 2.24) is 4.90 Å². The van der Waals surface area contributed by atoms with Gasteiger partial charge in [0, 0.05) is 5.56 Å². The Labute approximate surface area is 231 Å². The van der Waals surface area contributed by atoms with Gasteiger partial charge >= 0.3 is 12.3 Å². The number of amides is 1. The van der Waals surface area contributed by atoms with Crippen molar-refractivity contribution in [3.05, 3.63) is 118 Å². The molecule has 0 saturated carbocycles. The van der Waals surface area contributed by atoms with Gasteiger partial charge in [-0.2, -0.15) is 13.2 Å². The maximum absolute atomic E-state index is 15.3. The molecule has 0 radical (unpaired) electrons. The third kappa shape index (κ3) is 5.33. The molecule has 7 heteroatoms. The number of hydrogen-bond donors (Lipinski definition) is 0. The van der Waals surface area contributed by atoms with Gasteiger partial charge in [-0.3, -0.25) is 4.90 Å². The van der Waals surface area contributed by atoms with Crippen molar-refractivity contribution in [2.75, 3.05) is 0 Å². The quantitative estimate of drug-likeness (QED) is 0.233. The zero-order valence-corrected chi connectivity index (χ0v) is 22.6. The Morgan fingerprint density at radius 2 is 1.57 bits per heavy atom. The van der Waals surface area contributed by atoms with Crippen LogP contribution < -0.4 is 0 Å². The van der Waals surface area contributed by atoms with E-state index in [1.54, 1.807) is 26.0 Å². The SMILES string of the molecule is Cc1cc([C@H]2OC(=O)N(Cc3cc(C)ccc3-c3cc(-c4ccccc4C)ccc3F)[C@H]2C)cc(C(F)(F)F)c1. The molecule has 4 aromatic carbocycles. The Balaban J connectivity index is 1.50. The lowest BCUT2D eigenvalue weighted by Gasteiger charge is -2.23. The molecule has 0 unspecified atom stereocenters. The fourth-order valence-corrected chi connectivity index (χ4v) is 5.40. The highest BCUT2D eigenvalue weighted by Crippen LogP contribution is 2.39. The van der Waals surface area contributed by atoms with E-state index in [-0.39, 0.29) is 12.1 Å². The number of halogens is 4. The van der Waals surface area contributed by atoms with Gasteiger partial charge < -0.3 is 4.74 Å². The van der Waals surface area contributed by atoms with E-state index in [0.717, 1.165) is 34.4 Å². The molecule has 1 aliphatic rings. The van der Waals surface area contributed by atoms with Gasteiger partial charge in [0.15, 0.2) is 0 Å². The van der Waals surface area contributed by atoms with E-state index in [1.807, 2.05) is 62.4 Å². The highest BCUT2D eigenvalue weighted by molar-refractivity contribution is 5.77. The molecule has 5 rings (SSSR count). The number of carbonyl (C=O) groups excluding carboxylic acids is 1. The monoisotopic (exact) mass is 547 g/mol. The number of rotatable bonds is 5. The van der Waals surface area contributed by atoms with Gasteiger partial charge in [0.25, 0.3) is 0 Å². The number of carbonyl (C=O) groups is 1. The van der Waals surface area contributed by atoms with Crippen molar-refractivity contribution in [2.45, 2.75) is 52.6 Å². The minimum atomic E-state index is -4.51. The van der Waals surface area contributed by atoms with Crippen LogP contribution in [0.5, 0.6) is 0 Å². The number of aryl methyl sites for hydroxylation is 3. The van der Waals surface area contributed by atoms with Gasteiger partial charge in [-0.05, 0) is 85.3 Å². The predicted molar refractivity (Wildman–Crippen MR) is 147 cm³/mol. The maximum Gasteiger partial charge on any atom is 0.416 e. The standard InChI is InChI=1S/C33H29F4NO2/c1-19-9-11-28(29-17-23(10-12-30(29)34)27-8-6-5-7-21(27)3)25(13-19)18-38-22(4)31(40-32(38)39)24-14-20(2)15-26(16-24)33(35,36)37/h5-17,22,31H,18H2,1-4H3/t22-,31-/m0/s1. The van der Waals surface area contributed by atoms with Gasteiger partial charge in [0.1, 0.15) is 11.9 Å². The van der Waals surface area contributed by atoms with Crippen LogP contribution in [-0.2, 0) is 17.5 Å². The van der Waals surface area contributed by atoms with Gasteiger partial charge in [-0.1, -0.05) is 65.7 Å². The Bertz CT molecular complexity index is 1590. The zero-order chi connectivity index (χ0) is 28.8. The number of nitrogens with zero attached hydrogens (tertiary/aromatic N) is 1. The van der Waals surface area contributed by atoms with Crippen LogP contribution in [0.1, 0.15) is 46.4 Å². The summed E-state index contributed by atoms with van der Waals surface area (Å²) < 4.78 is 61.3. The smallest absolute Gasteiger partial charge is 0.416 e. The summed E-state index contributed by atoms with van der Waals surface area (Å²) in [5.74, 6) is -0.392. The third-order valence-electron chi connectivity index (χ3n) is 7.46. The van der Waals surface area contributed by atoms with E-state index in [0.29, 0.717) is 22.3 Å². The molecule has 206 valence electrons. The van der Waals surface area contributed by atoms with E-state index in [9.17, 15) is 18.0 Å². The maximum atomic E-state index is 15.3. The van der Waals surface area contributed by atoms with Crippen LogP contribution in [-0.4, -0.2) is 17.0 Å². The van der Waals surface area contributed by atoms with E-state index in [4.69, 9.17) is 4.74 Å². The van der Waals surface area contributed by atoms with Crippen molar-refractivity contribution in [1.29, 1.82) is 0 Å². The zero-order valence-electron chi connectivity index (χ0n) is 22.6. The highest BCUT2D eigenvalue weighted by Gasteiger charge is 2.41. The molecule has 1 fully saturated rings. The summed E-state index contributed by atoms with van der Waals surface area (Å²) in [7, 11) is 0. The second kappa shape index (κ2) is 10.5. The minimum Gasteiger partial charge on any atom is -0.439 e. The average molecular weight is 548 g/mol. The third-order valence-corrected chi connectivity index (χ3v) is 7.46. The normalized spacial score (nSPS) is 17.3. The predicted octanol–water partition coefficient (Wildman–Crippen LogP) is 9.19. The van der Waals surface area contributed by atoms with E-state index >= 15 is 4.39 Å². The van der Waals surface area contributed by atoms with E-state index in [2.05, 4.69) is 0 Å². The Kier molecular flexibility index (Phi) is 7.17. The summed E-state index contributed by atoms with van der Waals surface area (Å²) >= 11 is 0. The first-order valence-electron chi connectivity index (χ1n) is 13.0. The summed E-state index contributed by atoms with van der Waals surface area (Å²) in [5, 5.41) is 0. The molecule has 2 atom stereocenters. The highest BCUT2D eigenvalue weighted by atomic mass is 19.4. The summed E-state index contributed by atoms with van der Waals surface area (Å²) in [6, 6.07) is 21.7. The first-order valence-corrected chi connectivity index (χ1v) is 13.0. The van der Waals surface area contributed by atoms with E-state index in [1.165, 1.54) is 11.0 Å². The lowest BCUT2D eigenvalue weighted by molar-refractivity contribution is -0.137. The Morgan fingerprint density at radius 1 is 0.825 bits per heavy atom. The van der Waals surface area contributed by atoms with Crippen LogP contribution in [0.4, 0.5) is 22.4 Å². The molecule has 1 aliphatic heterocycles. The molecular formula is C33H29F4NO2. The molecule has 1 saturated heterocycles. The van der Waals surface area contributed by atoms with Gasteiger partial charge in [0.05, 0.1) is 18.2 Å². The first kappa shape index (κ1) is 27.4. The molecule has 0 spiro atoms. The number of hydrogen-bond acceptors (Lipinski definition) is 2. The fourth-order valence-electron chi connectivity index (χ4n) is 5.40. The second-order valence-corrected chi connectivity index (χ2v) is 10.5. The van der Waals surface area contributed by atoms with Crippen molar-refractivity contribution < 1.29 is 27.1 Å². The lowest BCUT2D eigenvalue weighted by Crippen LogP contribution is -2.31. The van der Waals surface area contributed by atoms with Crippen LogP contribution >= 0.6 is 0 Å². The minimum absolute atomic E-state index is 0.111. The van der Waals surface area contributed by atoms with Gasteiger partial charge in [-0.25, -0.2) is 9.18 Å². The Morgan fingerprint density at radius 3 is 2.30 bits per heavy atom. The summed E-state index contributed by atoms with van der Waals surface area (Å²) in [6.07, 6.45) is -6.02. The van der Waals surface area contributed by atoms with Crippen molar-refractivity contribution in [3.63, 3.8) is 0 Å². The lowest BCUT2D eigenvalue weighted by atomic mass is 9.92. The molecule has 0 aromatic heterocycles. The number of cyclic esters (lactones) is 1. The molecule has 1 amide bonds. The first-order chi connectivity index (χ1) is 18.9. The topological polar surface area (TPSA) is 29.5 Å². The fraction of sp³-hybridized carbons (Fsp3) is 0.242. The van der Waals surface area contributed by atoms with Gasteiger partial charge in [-0.15, -0.1) is 0 Å². The molecule has 3 nitrogen and oxygen atoms in total. The molecule has 0 bridgehead atoms. The van der Waals surface area contributed by atoms with Crippen molar-refractivity contribution in [2.24, 2.45) is 0 Å². The van der Waals surface area contributed by atoms with Crippen LogP contribution in [0.15, 0.2) is 78.9 Å². The van der Waals surface area contributed by atoms with E-state index < -0.39 is 35.8 Å². The second-order valence-electron chi connectivity index (χ2n) is 10.5. The van der Waals surface area contributed by atoms with Crippen LogP contribution in [0.25, 0.3) is 22.3 Å². The van der Waals surface area contributed by atoms with Crippen molar-refractivity contribution in [3.8, 4) is 22.3 Å². The summed E-state index contributed by atoms with van der Waals surface area (Å²) in [4.78, 5) is 14.5. The molecule has 0 N–H and O–H groups in total. The van der Waals surface area contributed by atoms with Crippen LogP contribution in [0.3, 0.4) is 0 Å². The van der Waals surface area contributed by atoms with Crippen molar-refractivity contribution >= 4 is 6.09 Å². The molecule has 4 aromatic rings. The molecule has 1 heterocycles. The number of ether oxygens (including phenoxy) is 1. The summed E-state index contributed by atoms with van der Waals surface area (Å²) in [6.45, 7) is 7.35. The van der Waals surface area contributed by atoms with Crippen LogP contribution in [0.2, 0.25) is 0 Å². The molecular weight excluding hydrogens is 518 g/mol. The molecule has 0 aliphatic carbocycles. The number of benzene rings is 4. The van der Waals surface area contributed by atoms with Gasteiger partial charge in [0.2, 0.25) is 0 Å². The molecule has 40 heavy (non-hydrogen) atoms. The van der Waals surface area contributed by atoms with Crippen LogP contribution in [0, 0.1) is 26.6 Å². The average Bonchev–Trinajstić information content (AvgIpc) is 3.17.